The Morgan fingerprint density at radius 1 is 1.47 bits per heavy atom. The van der Waals surface area contributed by atoms with Gasteiger partial charge in [0.2, 0.25) is 0 Å². The predicted octanol–water partition coefficient (Wildman–Crippen LogP) is 2.75. The van der Waals surface area contributed by atoms with Crippen molar-refractivity contribution in [1.82, 2.24) is 10.3 Å². The third kappa shape index (κ3) is 3.03. The van der Waals surface area contributed by atoms with Crippen LogP contribution in [-0.4, -0.2) is 11.0 Å². The highest BCUT2D eigenvalue weighted by Crippen LogP contribution is 2.27. The number of rotatable bonds is 4. The van der Waals surface area contributed by atoms with Gasteiger partial charge in [0.05, 0.1) is 0 Å². The molecule has 1 aliphatic rings. The minimum absolute atomic E-state index is 0.646. The quantitative estimate of drug-likeness (QED) is 0.815. The molecule has 1 fully saturated rings. The van der Waals surface area contributed by atoms with Gasteiger partial charge < -0.3 is 5.32 Å². The van der Waals surface area contributed by atoms with Crippen molar-refractivity contribution in [2.75, 3.05) is 0 Å². The van der Waals surface area contributed by atoms with Crippen molar-refractivity contribution in [2.24, 2.45) is 5.92 Å². The zero-order chi connectivity index (χ0) is 10.5. The highest BCUT2D eigenvalue weighted by Gasteiger charge is 2.20. The molecule has 0 spiro atoms. The van der Waals surface area contributed by atoms with Crippen LogP contribution in [-0.2, 0) is 6.54 Å². The maximum Gasteiger partial charge on any atom is 0.0312 e. The highest BCUT2D eigenvalue weighted by molar-refractivity contribution is 5.08. The predicted molar refractivity (Wildman–Crippen MR) is 62.5 cm³/mol. The lowest BCUT2D eigenvalue weighted by atomic mass is 10.00. The summed E-state index contributed by atoms with van der Waals surface area (Å²) in [5, 5.41) is 3.60. The Bertz CT molecular complexity index is 278. The molecule has 0 unspecified atom stereocenters. The third-order valence-corrected chi connectivity index (χ3v) is 3.46. The van der Waals surface area contributed by atoms with Crippen molar-refractivity contribution in [3.8, 4) is 0 Å². The lowest BCUT2D eigenvalue weighted by molar-refractivity contribution is 0.380. The largest absolute Gasteiger partial charge is 0.310 e. The molecular formula is C13H20N2. The smallest absolute Gasteiger partial charge is 0.0312 e. The first kappa shape index (κ1) is 10.6. The molecule has 0 amide bonds. The fraction of sp³-hybridized carbons (Fsp3) is 0.615. The molecule has 1 N–H and O–H groups in total. The van der Waals surface area contributed by atoms with E-state index < -0.39 is 0 Å². The van der Waals surface area contributed by atoms with Crippen molar-refractivity contribution < 1.29 is 0 Å². The molecule has 1 heterocycles. The van der Waals surface area contributed by atoms with Crippen molar-refractivity contribution in [3.63, 3.8) is 0 Å². The van der Waals surface area contributed by atoms with E-state index in [1.807, 2.05) is 18.5 Å². The Morgan fingerprint density at radius 2 is 2.27 bits per heavy atom. The highest BCUT2D eigenvalue weighted by atomic mass is 14.9. The fourth-order valence-electron chi connectivity index (χ4n) is 2.41. The van der Waals surface area contributed by atoms with Crippen LogP contribution >= 0.6 is 0 Å². The Kier molecular flexibility index (Phi) is 3.73. The van der Waals surface area contributed by atoms with Gasteiger partial charge in [-0.05, 0) is 37.3 Å². The molecular weight excluding hydrogens is 184 g/mol. The van der Waals surface area contributed by atoms with E-state index in [2.05, 4.69) is 23.3 Å². The summed E-state index contributed by atoms with van der Waals surface area (Å²) in [6.45, 7) is 3.26. The molecule has 0 bridgehead atoms. The molecule has 0 aromatic carbocycles. The number of hydrogen-bond donors (Lipinski definition) is 1. The first-order valence-corrected chi connectivity index (χ1v) is 5.98. The van der Waals surface area contributed by atoms with Gasteiger partial charge in [0.15, 0.2) is 0 Å². The van der Waals surface area contributed by atoms with E-state index >= 15 is 0 Å². The van der Waals surface area contributed by atoms with Gasteiger partial charge in [-0.1, -0.05) is 18.9 Å². The Hall–Kier alpha value is -0.890. The SMILES string of the molecule is C[C@@H](NCc1cccnc1)C1CCCC1. The van der Waals surface area contributed by atoms with E-state index in [0.29, 0.717) is 6.04 Å². The summed E-state index contributed by atoms with van der Waals surface area (Å²) in [6, 6.07) is 4.77. The average molecular weight is 204 g/mol. The molecule has 1 aromatic heterocycles. The van der Waals surface area contributed by atoms with E-state index in [4.69, 9.17) is 0 Å². The second-order valence-electron chi connectivity index (χ2n) is 4.58. The Balaban J connectivity index is 1.77. The maximum atomic E-state index is 4.12. The Labute approximate surface area is 92.1 Å². The third-order valence-electron chi connectivity index (χ3n) is 3.46. The van der Waals surface area contributed by atoms with Crippen LogP contribution in [0.4, 0.5) is 0 Å². The normalized spacial score (nSPS) is 19.3. The summed E-state index contributed by atoms with van der Waals surface area (Å²) in [5.74, 6) is 0.890. The van der Waals surface area contributed by atoms with E-state index in [0.717, 1.165) is 12.5 Å². The molecule has 82 valence electrons. The fourth-order valence-corrected chi connectivity index (χ4v) is 2.41. The van der Waals surface area contributed by atoms with Gasteiger partial charge in [-0.3, -0.25) is 4.98 Å². The molecule has 0 saturated heterocycles. The second-order valence-corrected chi connectivity index (χ2v) is 4.58. The maximum absolute atomic E-state index is 4.12. The van der Waals surface area contributed by atoms with Gasteiger partial charge in [-0.15, -0.1) is 0 Å². The van der Waals surface area contributed by atoms with Crippen LogP contribution < -0.4 is 5.32 Å². The molecule has 1 saturated carbocycles. The molecule has 1 atom stereocenters. The number of hydrogen-bond acceptors (Lipinski definition) is 2. The molecule has 0 radical (unpaired) electrons. The van der Waals surface area contributed by atoms with Crippen LogP contribution in [0.15, 0.2) is 24.5 Å². The molecule has 15 heavy (non-hydrogen) atoms. The molecule has 2 heteroatoms. The standard InChI is InChI=1S/C13H20N2/c1-11(13-6-2-3-7-13)15-10-12-5-4-8-14-9-12/h4-5,8-9,11,13,15H,2-3,6-7,10H2,1H3/t11-/m1/s1. The first-order chi connectivity index (χ1) is 7.36. The monoisotopic (exact) mass is 204 g/mol. The number of pyridine rings is 1. The number of aromatic nitrogens is 1. The molecule has 2 rings (SSSR count). The minimum atomic E-state index is 0.646. The van der Waals surface area contributed by atoms with Crippen LogP contribution in [0.2, 0.25) is 0 Å². The van der Waals surface area contributed by atoms with Crippen LogP contribution in [0.25, 0.3) is 0 Å². The first-order valence-electron chi connectivity index (χ1n) is 5.98. The van der Waals surface area contributed by atoms with E-state index in [9.17, 15) is 0 Å². The van der Waals surface area contributed by atoms with Crippen LogP contribution in [0.5, 0.6) is 0 Å². The van der Waals surface area contributed by atoms with E-state index in [1.54, 1.807) is 0 Å². The van der Waals surface area contributed by atoms with E-state index in [1.165, 1.54) is 31.2 Å². The summed E-state index contributed by atoms with van der Waals surface area (Å²) in [5.41, 5.74) is 1.28. The van der Waals surface area contributed by atoms with Crippen LogP contribution in [0.1, 0.15) is 38.2 Å². The summed E-state index contributed by atoms with van der Waals surface area (Å²) in [7, 11) is 0. The molecule has 1 aromatic rings. The summed E-state index contributed by atoms with van der Waals surface area (Å²) in [4.78, 5) is 4.12. The van der Waals surface area contributed by atoms with Crippen LogP contribution in [0.3, 0.4) is 0 Å². The van der Waals surface area contributed by atoms with Crippen molar-refractivity contribution >= 4 is 0 Å². The summed E-state index contributed by atoms with van der Waals surface area (Å²) >= 11 is 0. The van der Waals surface area contributed by atoms with Gasteiger partial charge in [-0.2, -0.15) is 0 Å². The average Bonchev–Trinajstić information content (AvgIpc) is 2.81. The number of nitrogens with zero attached hydrogens (tertiary/aromatic N) is 1. The van der Waals surface area contributed by atoms with Crippen molar-refractivity contribution in [2.45, 2.75) is 45.2 Å². The van der Waals surface area contributed by atoms with Gasteiger partial charge in [0.1, 0.15) is 0 Å². The summed E-state index contributed by atoms with van der Waals surface area (Å²) < 4.78 is 0. The van der Waals surface area contributed by atoms with Gasteiger partial charge in [-0.25, -0.2) is 0 Å². The number of nitrogens with one attached hydrogen (secondary N) is 1. The summed E-state index contributed by atoms with van der Waals surface area (Å²) in [6.07, 6.45) is 9.41. The zero-order valence-electron chi connectivity index (χ0n) is 9.45. The van der Waals surface area contributed by atoms with Gasteiger partial charge >= 0.3 is 0 Å². The van der Waals surface area contributed by atoms with Crippen molar-refractivity contribution in [3.05, 3.63) is 30.1 Å². The molecule has 0 aliphatic heterocycles. The van der Waals surface area contributed by atoms with Gasteiger partial charge in [0, 0.05) is 25.0 Å². The zero-order valence-corrected chi connectivity index (χ0v) is 9.45. The Morgan fingerprint density at radius 3 is 2.93 bits per heavy atom. The molecule has 1 aliphatic carbocycles. The topological polar surface area (TPSA) is 24.9 Å². The molecule has 2 nitrogen and oxygen atoms in total. The van der Waals surface area contributed by atoms with E-state index in [-0.39, 0.29) is 0 Å². The second kappa shape index (κ2) is 5.26. The lowest BCUT2D eigenvalue weighted by Gasteiger charge is -2.20. The van der Waals surface area contributed by atoms with Crippen molar-refractivity contribution in [1.29, 1.82) is 0 Å². The van der Waals surface area contributed by atoms with Gasteiger partial charge in [0.25, 0.3) is 0 Å². The minimum Gasteiger partial charge on any atom is -0.310 e. The lowest BCUT2D eigenvalue weighted by Crippen LogP contribution is -2.31. The van der Waals surface area contributed by atoms with Crippen LogP contribution in [0, 0.1) is 5.92 Å².